The Morgan fingerprint density at radius 2 is 1.07 bits per heavy atom. The number of hydrogen-bond acceptors (Lipinski definition) is 2. The van der Waals surface area contributed by atoms with Crippen LogP contribution in [0.5, 0.6) is 0 Å². The van der Waals surface area contributed by atoms with E-state index in [1.54, 1.807) is 0 Å². The molecule has 8 rings (SSSR count). The molecule has 0 aliphatic carbocycles. The van der Waals surface area contributed by atoms with Crippen molar-refractivity contribution in [3.63, 3.8) is 0 Å². The Kier molecular flexibility index (Phi) is 6.21. The standard InChI is InChI=1S/C43H37NS/c1-42(2,3)28-17-19-31-33-21-22-38(44-40(33)34-20-18-29(43(4,5)6)25-37(34)36(31)24-28)27-12-9-11-26(23-27)30-14-10-15-35-32-13-7-8-16-39(32)45-41(30)35/h7-25H,1-6H3. The largest absolute Gasteiger partial charge is 0.247 e. The summed E-state index contributed by atoms with van der Waals surface area (Å²) in [7, 11) is 0. The van der Waals surface area contributed by atoms with Gasteiger partial charge in [0.25, 0.3) is 0 Å². The van der Waals surface area contributed by atoms with Gasteiger partial charge in [0.1, 0.15) is 0 Å². The summed E-state index contributed by atoms with van der Waals surface area (Å²) in [4.78, 5) is 5.42. The van der Waals surface area contributed by atoms with E-state index in [-0.39, 0.29) is 10.8 Å². The van der Waals surface area contributed by atoms with Gasteiger partial charge in [0.2, 0.25) is 0 Å². The molecule has 220 valence electrons. The van der Waals surface area contributed by atoms with Crippen LogP contribution < -0.4 is 0 Å². The molecule has 2 aromatic heterocycles. The smallest absolute Gasteiger partial charge is 0.0794 e. The monoisotopic (exact) mass is 599 g/mol. The second-order valence-electron chi connectivity index (χ2n) is 14.5. The Morgan fingerprint density at radius 1 is 0.467 bits per heavy atom. The SMILES string of the molecule is CC(C)(C)c1ccc2c(c1)c1cc(C(C)(C)C)ccc1c1nc(-c3cccc(-c4cccc5c4sc4ccccc45)c3)ccc21. The quantitative estimate of drug-likeness (QED) is 0.180. The Balaban J connectivity index is 1.34. The van der Waals surface area contributed by atoms with E-state index in [9.17, 15) is 0 Å². The van der Waals surface area contributed by atoms with Crippen molar-refractivity contribution in [3.8, 4) is 22.4 Å². The molecular formula is C43H37NS. The Morgan fingerprint density at radius 3 is 1.82 bits per heavy atom. The highest BCUT2D eigenvalue weighted by Crippen LogP contribution is 2.42. The van der Waals surface area contributed by atoms with Gasteiger partial charge in [-0.1, -0.05) is 120 Å². The van der Waals surface area contributed by atoms with Crippen LogP contribution in [-0.2, 0) is 10.8 Å². The molecule has 2 heteroatoms. The van der Waals surface area contributed by atoms with E-state index in [0.29, 0.717) is 0 Å². The number of fused-ring (bicyclic) bond motifs is 9. The highest BCUT2D eigenvalue weighted by molar-refractivity contribution is 7.26. The molecule has 0 aliphatic rings. The number of pyridine rings is 1. The maximum absolute atomic E-state index is 5.42. The van der Waals surface area contributed by atoms with Gasteiger partial charge >= 0.3 is 0 Å². The molecule has 1 nitrogen and oxygen atoms in total. The first kappa shape index (κ1) is 28.0. The summed E-state index contributed by atoms with van der Waals surface area (Å²) in [5.74, 6) is 0. The lowest BCUT2D eigenvalue weighted by Crippen LogP contribution is -2.11. The van der Waals surface area contributed by atoms with Gasteiger partial charge in [0.05, 0.1) is 11.2 Å². The molecule has 0 unspecified atom stereocenters. The minimum absolute atomic E-state index is 0.0596. The third kappa shape index (κ3) is 4.62. The van der Waals surface area contributed by atoms with E-state index in [0.717, 1.165) is 16.8 Å². The van der Waals surface area contributed by atoms with Crippen LogP contribution in [-0.4, -0.2) is 4.98 Å². The first-order valence-electron chi connectivity index (χ1n) is 15.9. The molecule has 0 bridgehead atoms. The lowest BCUT2D eigenvalue weighted by Gasteiger charge is -2.22. The number of benzene rings is 6. The fourth-order valence-electron chi connectivity index (χ4n) is 6.77. The van der Waals surface area contributed by atoms with E-state index < -0.39 is 0 Å². The summed E-state index contributed by atoms with van der Waals surface area (Å²) in [5.41, 5.74) is 8.53. The van der Waals surface area contributed by atoms with Crippen LogP contribution in [0.4, 0.5) is 0 Å². The third-order valence-electron chi connectivity index (χ3n) is 9.38. The van der Waals surface area contributed by atoms with Crippen LogP contribution in [0.3, 0.4) is 0 Å². The predicted octanol–water partition coefficient (Wildman–Crippen LogP) is 12.8. The second kappa shape index (κ2) is 9.99. The molecular weight excluding hydrogens is 563 g/mol. The molecule has 0 spiro atoms. The Bertz CT molecular complexity index is 2450. The third-order valence-corrected chi connectivity index (χ3v) is 10.6. The lowest BCUT2D eigenvalue weighted by molar-refractivity contribution is 0.590. The van der Waals surface area contributed by atoms with Gasteiger partial charge < -0.3 is 0 Å². The Hall–Kier alpha value is -4.53. The van der Waals surface area contributed by atoms with Crippen molar-refractivity contribution in [2.24, 2.45) is 0 Å². The fourth-order valence-corrected chi connectivity index (χ4v) is 8.01. The highest BCUT2D eigenvalue weighted by Gasteiger charge is 2.20. The summed E-state index contributed by atoms with van der Waals surface area (Å²) in [5, 5.41) is 8.93. The molecule has 2 heterocycles. The molecule has 0 fully saturated rings. The van der Waals surface area contributed by atoms with Crippen molar-refractivity contribution in [1.82, 2.24) is 4.98 Å². The molecule has 0 saturated carbocycles. The zero-order valence-corrected chi connectivity index (χ0v) is 27.6. The highest BCUT2D eigenvalue weighted by atomic mass is 32.1. The van der Waals surface area contributed by atoms with Crippen molar-refractivity contribution < 1.29 is 0 Å². The maximum atomic E-state index is 5.42. The van der Waals surface area contributed by atoms with Gasteiger partial charge in [-0.2, -0.15) is 0 Å². The average molecular weight is 600 g/mol. The van der Waals surface area contributed by atoms with Crippen LogP contribution in [0.25, 0.3) is 75.0 Å². The minimum Gasteiger partial charge on any atom is -0.247 e. The summed E-state index contributed by atoms with van der Waals surface area (Å²) in [6.07, 6.45) is 0. The van der Waals surface area contributed by atoms with E-state index >= 15 is 0 Å². The summed E-state index contributed by atoms with van der Waals surface area (Å²) < 4.78 is 2.67. The van der Waals surface area contributed by atoms with Gasteiger partial charge in [-0.3, -0.25) is 0 Å². The second-order valence-corrected chi connectivity index (χ2v) is 15.5. The van der Waals surface area contributed by atoms with Crippen molar-refractivity contribution in [2.75, 3.05) is 0 Å². The predicted molar refractivity (Wildman–Crippen MR) is 198 cm³/mol. The van der Waals surface area contributed by atoms with Crippen molar-refractivity contribution in [1.29, 1.82) is 0 Å². The number of thiophene rings is 1. The van der Waals surface area contributed by atoms with Gasteiger partial charge in [0, 0.05) is 36.5 Å². The summed E-state index contributed by atoms with van der Waals surface area (Å²) >= 11 is 1.88. The number of hydrogen-bond donors (Lipinski definition) is 0. The minimum atomic E-state index is 0.0596. The van der Waals surface area contributed by atoms with Crippen LogP contribution in [0, 0.1) is 0 Å². The fraction of sp³-hybridized carbons (Fsp3) is 0.186. The van der Waals surface area contributed by atoms with E-state index in [1.165, 1.54) is 69.4 Å². The average Bonchev–Trinajstić information content (AvgIpc) is 3.42. The van der Waals surface area contributed by atoms with Gasteiger partial charge in [-0.25, -0.2) is 4.98 Å². The molecule has 0 aliphatic heterocycles. The molecule has 0 N–H and O–H groups in total. The summed E-state index contributed by atoms with van der Waals surface area (Å²) in [6, 6.07) is 42.8. The molecule has 0 saturated heterocycles. The number of rotatable bonds is 2. The van der Waals surface area contributed by atoms with E-state index in [4.69, 9.17) is 4.98 Å². The van der Waals surface area contributed by atoms with Crippen molar-refractivity contribution in [3.05, 3.63) is 126 Å². The van der Waals surface area contributed by atoms with Crippen molar-refractivity contribution in [2.45, 2.75) is 52.4 Å². The van der Waals surface area contributed by atoms with Crippen LogP contribution in [0.2, 0.25) is 0 Å². The lowest BCUT2D eigenvalue weighted by atomic mass is 9.82. The van der Waals surface area contributed by atoms with E-state index in [2.05, 4.69) is 157 Å². The van der Waals surface area contributed by atoms with Crippen LogP contribution in [0.1, 0.15) is 52.7 Å². The molecule has 0 atom stereocenters. The zero-order chi connectivity index (χ0) is 31.1. The maximum Gasteiger partial charge on any atom is 0.0794 e. The summed E-state index contributed by atoms with van der Waals surface area (Å²) in [6.45, 7) is 13.8. The normalized spacial score (nSPS) is 12.7. The van der Waals surface area contributed by atoms with Crippen LogP contribution >= 0.6 is 11.3 Å². The molecule has 0 radical (unpaired) electrons. The number of nitrogens with zero attached hydrogens (tertiary/aromatic N) is 1. The van der Waals surface area contributed by atoms with Gasteiger partial charge in [0.15, 0.2) is 0 Å². The molecule has 8 aromatic rings. The first-order chi connectivity index (χ1) is 21.6. The van der Waals surface area contributed by atoms with E-state index in [1.807, 2.05) is 11.3 Å². The first-order valence-corrected chi connectivity index (χ1v) is 16.7. The Labute approximate surface area is 269 Å². The van der Waals surface area contributed by atoms with Crippen LogP contribution in [0.15, 0.2) is 115 Å². The molecule has 6 aromatic carbocycles. The molecule has 0 amide bonds. The number of aromatic nitrogens is 1. The zero-order valence-electron chi connectivity index (χ0n) is 26.8. The van der Waals surface area contributed by atoms with Crippen molar-refractivity contribution >= 4 is 64.0 Å². The topological polar surface area (TPSA) is 12.9 Å². The van der Waals surface area contributed by atoms with Gasteiger partial charge in [-0.15, -0.1) is 11.3 Å². The molecule has 45 heavy (non-hydrogen) atoms. The van der Waals surface area contributed by atoms with Gasteiger partial charge in [-0.05, 0) is 85.6 Å².